The number of para-hydroxylation sites is 2. The molecule has 1 saturated heterocycles. The fourth-order valence-electron chi connectivity index (χ4n) is 13.3. The van der Waals surface area contributed by atoms with Crippen LogP contribution in [0.4, 0.5) is 0 Å². The number of carbonyl (C=O) groups excluding carboxylic acids is 1. The first kappa shape index (κ1) is 34.5. The van der Waals surface area contributed by atoms with Crippen molar-refractivity contribution in [3.63, 3.8) is 0 Å². The molecule has 6 aliphatic carbocycles. The number of carbonyl (C=O) groups is 1. The summed E-state index contributed by atoms with van der Waals surface area (Å²) in [5.41, 5.74) is 3.47. The number of nitrogens with one attached hydrogen (secondary N) is 1. The Morgan fingerprint density at radius 1 is 0.796 bits per heavy atom. The Bertz CT molecular complexity index is 2250. The summed E-state index contributed by atoms with van der Waals surface area (Å²) in [6, 6.07) is 26.5. The molecule has 8 atom stereocenters. The van der Waals surface area contributed by atoms with Gasteiger partial charge in [-0.3, -0.25) is 9.36 Å². The third-order valence-electron chi connectivity index (χ3n) is 16.2. The molecule has 7 heteroatoms. The van der Waals surface area contributed by atoms with Crippen molar-refractivity contribution in [1.82, 2.24) is 14.5 Å². The summed E-state index contributed by atoms with van der Waals surface area (Å²) in [6.07, 6.45) is 14.3. The van der Waals surface area contributed by atoms with Crippen molar-refractivity contribution in [3.05, 3.63) is 119 Å². The fourth-order valence-corrected chi connectivity index (χ4v) is 13.3. The lowest BCUT2D eigenvalue weighted by Gasteiger charge is -2.71. The molecule has 0 amide bonds. The number of hydrogen-bond donors (Lipinski definition) is 3. The van der Waals surface area contributed by atoms with Crippen molar-refractivity contribution in [3.8, 4) is 11.1 Å². The van der Waals surface area contributed by atoms with E-state index >= 15 is 4.79 Å². The summed E-state index contributed by atoms with van der Waals surface area (Å²) < 4.78 is 1.94. The number of benzene rings is 3. The van der Waals surface area contributed by atoms with Crippen LogP contribution in [0.5, 0.6) is 0 Å². The highest BCUT2D eigenvalue weighted by atomic mass is 16.3. The number of aromatic nitrogens is 2. The van der Waals surface area contributed by atoms with E-state index in [1.807, 2.05) is 59.2 Å². The molecule has 3 N–H and O–H groups in total. The van der Waals surface area contributed by atoms with Crippen LogP contribution in [0.15, 0.2) is 107 Å². The normalized spacial score (nSPS) is 37.5. The van der Waals surface area contributed by atoms with Gasteiger partial charge in [-0.15, -0.1) is 0 Å². The minimum Gasteiger partial charge on any atom is -0.393 e. The van der Waals surface area contributed by atoms with Gasteiger partial charge in [-0.25, -0.2) is 4.79 Å². The molecule has 7 nitrogen and oxygen atoms in total. The molecule has 3 saturated carbocycles. The summed E-state index contributed by atoms with van der Waals surface area (Å²) >= 11 is 0. The Morgan fingerprint density at radius 2 is 1.46 bits per heavy atom. The molecule has 8 unspecified atom stereocenters. The van der Waals surface area contributed by atoms with E-state index in [2.05, 4.69) is 66.2 Å². The number of β-amino-alcohol motifs (C(OH)–C–C–N with tert-alkyl or cyclic N) is 1. The zero-order valence-corrected chi connectivity index (χ0v) is 31.6. The van der Waals surface area contributed by atoms with E-state index in [4.69, 9.17) is 0 Å². The van der Waals surface area contributed by atoms with E-state index in [9.17, 15) is 15.0 Å². The molecule has 4 fully saturated rings. The number of fused-ring (bicyclic) bond motifs is 2. The van der Waals surface area contributed by atoms with Crippen molar-refractivity contribution in [1.29, 1.82) is 0 Å². The maximum Gasteiger partial charge on any atom is 0.326 e. The van der Waals surface area contributed by atoms with Gasteiger partial charge in [0.05, 0.1) is 22.7 Å². The molecule has 4 aromatic rings. The van der Waals surface area contributed by atoms with Crippen LogP contribution in [0.25, 0.3) is 22.2 Å². The molecular formula is C47H53N3O4. The van der Waals surface area contributed by atoms with Gasteiger partial charge in [0.1, 0.15) is 0 Å². The fraction of sp³-hybridized carbons (Fsp3) is 0.489. The molecule has 2 heterocycles. The van der Waals surface area contributed by atoms with Gasteiger partial charge in [-0.1, -0.05) is 98.8 Å². The molecule has 2 spiro atoms. The standard InChI is InChI=1S/C47H53N3O4/c1-43-21-16-35(51)28-45(43)24-25-47(36(29-45)41(52)33-14-12-32(13-15-33)31-8-4-3-5-9-31)39(43)17-22-44(2)40(47)18-23-46(44,54)30-49-26-19-34(20-27-49)50-38-11-7-6-10-37(38)48-42(50)53/h3-15,24-25,29,34-35,39-40,51,54H,16-23,26-28,30H2,1-2H3,(H,48,53). The van der Waals surface area contributed by atoms with E-state index in [1.54, 1.807) is 0 Å². The number of ketones is 1. The highest BCUT2D eigenvalue weighted by Gasteiger charge is 2.74. The predicted octanol–water partition coefficient (Wildman–Crippen LogP) is 8.11. The third-order valence-corrected chi connectivity index (χ3v) is 16.2. The number of likely N-dealkylation sites (tertiary alicyclic amines) is 1. The van der Waals surface area contributed by atoms with Crippen LogP contribution in [0.2, 0.25) is 0 Å². The Morgan fingerprint density at radius 3 is 2.24 bits per heavy atom. The molecule has 1 aliphatic heterocycles. The van der Waals surface area contributed by atoms with Crippen molar-refractivity contribution in [2.24, 2.45) is 33.5 Å². The van der Waals surface area contributed by atoms with Gasteiger partial charge in [0.2, 0.25) is 0 Å². The smallest absolute Gasteiger partial charge is 0.326 e. The van der Waals surface area contributed by atoms with Gasteiger partial charge in [0.25, 0.3) is 0 Å². The quantitative estimate of drug-likeness (QED) is 0.138. The second-order valence-electron chi connectivity index (χ2n) is 18.4. The molecule has 11 rings (SSSR count). The maximum atomic E-state index is 15.1. The SMILES string of the molecule is CC12CCC(O)CC13C=CC1(C(C(=O)c4ccc(-c5ccccc5)cc4)=C3)C2CCC2(C)C1CCC2(O)CN1CCC(n2c(=O)[nH]c3ccccc32)CC1. The lowest BCUT2D eigenvalue weighted by molar-refractivity contribution is -0.176. The summed E-state index contributed by atoms with van der Waals surface area (Å²) in [5.74, 6) is 0.480. The molecule has 3 aromatic carbocycles. The molecule has 1 aromatic heterocycles. The van der Waals surface area contributed by atoms with Crippen LogP contribution < -0.4 is 5.69 Å². The number of H-pyrrole nitrogens is 1. The summed E-state index contributed by atoms with van der Waals surface area (Å²) in [7, 11) is 0. The number of nitrogens with zero attached hydrogens (tertiary/aromatic N) is 2. The third kappa shape index (κ3) is 4.64. The van der Waals surface area contributed by atoms with E-state index in [0.29, 0.717) is 24.9 Å². The van der Waals surface area contributed by atoms with Crippen molar-refractivity contribution in [2.45, 2.75) is 89.4 Å². The maximum absolute atomic E-state index is 15.1. The number of aliphatic hydroxyl groups excluding tert-OH is 1. The molecule has 280 valence electrons. The zero-order chi connectivity index (χ0) is 37.1. The van der Waals surface area contributed by atoms with Gasteiger partial charge in [-0.2, -0.15) is 0 Å². The highest BCUT2D eigenvalue weighted by Crippen LogP contribution is 2.78. The second kappa shape index (κ2) is 12.0. The predicted molar refractivity (Wildman–Crippen MR) is 212 cm³/mol. The van der Waals surface area contributed by atoms with E-state index in [1.165, 1.54) is 0 Å². The molecule has 2 bridgehead atoms. The van der Waals surface area contributed by atoms with Crippen LogP contribution in [0.1, 0.15) is 88.0 Å². The number of allylic oxidation sites excluding steroid dienone is 4. The topological polar surface area (TPSA) is 98.6 Å². The van der Waals surface area contributed by atoms with E-state index in [0.717, 1.165) is 85.8 Å². The number of imidazole rings is 1. The average molecular weight is 724 g/mol. The molecule has 0 radical (unpaired) electrons. The van der Waals surface area contributed by atoms with Gasteiger partial charge >= 0.3 is 5.69 Å². The molecular weight excluding hydrogens is 671 g/mol. The van der Waals surface area contributed by atoms with Crippen LogP contribution in [-0.4, -0.2) is 61.8 Å². The van der Waals surface area contributed by atoms with Gasteiger partial charge in [0.15, 0.2) is 5.78 Å². The number of hydrogen-bond acceptors (Lipinski definition) is 5. The summed E-state index contributed by atoms with van der Waals surface area (Å²) in [5, 5.41) is 24.1. The lowest BCUT2D eigenvalue weighted by atomic mass is 9.32. The van der Waals surface area contributed by atoms with Gasteiger partial charge in [0, 0.05) is 53.1 Å². The van der Waals surface area contributed by atoms with Crippen molar-refractivity contribution >= 4 is 16.8 Å². The Balaban J connectivity index is 0.969. The van der Waals surface area contributed by atoms with Gasteiger partial charge < -0.3 is 20.1 Å². The number of aromatic amines is 1. The van der Waals surface area contributed by atoms with Gasteiger partial charge in [-0.05, 0) is 98.3 Å². The second-order valence-corrected chi connectivity index (χ2v) is 18.4. The Hall–Kier alpha value is -4.04. The number of rotatable bonds is 6. The van der Waals surface area contributed by atoms with Crippen molar-refractivity contribution in [2.75, 3.05) is 19.6 Å². The summed E-state index contributed by atoms with van der Waals surface area (Å²) in [6.45, 7) is 7.06. The highest BCUT2D eigenvalue weighted by molar-refractivity contribution is 6.10. The Kier molecular flexibility index (Phi) is 7.64. The summed E-state index contributed by atoms with van der Waals surface area (Å²) in [4.78, 5) is 33.6. The molecule has 54 heavy (non-hydrogen) atoms. The number of piperidine rings is 1. The first-order valence-corrected chi connectivity index (χ1v) is 20.5. The lowest BCUT2D eigenvalue weighted by Crippen LogP contribution is -2.67. The number of aliphatic hydroxyl groups is 2. The van der Waals surface area contributed by atoms with Crippen LogP contribution in [0.3, 0.4) is 0 Å². The largest absolute Gasteiger partial charge is 0.393 e. The zero-order valence-electron chi connectivity index (χ0n) is 31.6. The Labute approximate surface area is 317 Å². The van der Waals surface area contributed by atoms with Crippen LogP contribution in [-0.2, 0) is 0 Å². The average Bonchev–Trinajstić information content (AvgIpc) is 3.66. The molecule has 7 aliphatic rings. The first-order valence-electron chi connectivity index (χ1n) is 20.5. The van der Waals surface area contributed by atoms with Crippen LogP contribution >= 0.6 is 0 Å². The minimum atomic E-state index is -0.892. The first-order chi connectivity index (χ1) is 26.0. The van der Waals surface area contributed by atoms with E-state index < -0.39 is 11.0 Å². The van der Waals surface area contributed by atoms with E-state index in [-0.39, 0.29) is 51.7 Å². The van der Waals surface area contributed by atoms with Crippen LogP contribution in [0, 0.1) is 33.5 Å². The number of Topliss-reactive ketones (excluding diaryl/α,β-unsaturated/α-hetero) is 1. The van der Waals surface area contributed by atoms with Crippen molar-refractivity contribution < 1.29 is 15.0 Å². The monoisotopic (exact) mass is 723 g/mol. The minimum absolute atomic E-state index is 0.0424.